The van der Waals surface area contributed by atoms with Crippen LogP contribution < -0.4 is 5.73 Å². The number of hydrogen-bond acceptors (Lipinski definition) is 3. The van der Waals surface area contributed by atoms with E-state index in [1.54, 1.807) is 4.68 Å². The third-order valence-electron chi connectivity index (χ3n) is 4.09. The number of aromatic nitrogens is 4. The summed E-state index contributed by atoms with van der Waals surface area (Å²) in [6.45, 7) is 0. The molecular weight excluding hydrogens is 250 g/mol. The normalized spacial score (nSPS) is 15.1. The van der Waals surface area contributed by atoms with Crippen molar-refractivity contribution in [3.05, 3.63) is 30.0 Å². The smallest absolute Gasteiger partial charge is 0.146 e. The van der Waals surface area contributed by atoms with Crippen molar-refractivity contribution in [3.8, 4) is 11.4 Å². The largest absolute Gasteiger partial charge is 0.383 e. The van der Waals surface area contributed by atoms with Crippen LogP contribution in [0.25, 0.3) is 22.4 Å². The Morgan fingerprint density at radius 3 is 2.65 bits per heavy atom. The molecule has 2 heterocycles. The second kappa shape index (κ2) is 3.85. The summed E-state index contributed by atoms with van der Waals surface area (Å²) in [5, 5.41) is 4.60. The van der Waals surface area contributed by atoms with E-state index in [9.17, 15) is 0 Å². The molecule has 3 aromatic rings. The SMILES string of the molecule is Cn1nc(C2CC2)c(-c2nc3ccccc3n2C)c1N. The first-order valence-electron chi connectivity index (χ1n) is 6.91. The van der Waals surface area contributed by atoms with Gasteiger partial charge in [0, 0.05) is 20.0 Å². The van der Waals surface area contributed by atoms with Gasteiger partial charge < -0.3 is 10.3 Å². The minimum atomic E-state index is 0.549. The highest BCUT2D eigenvalue weighted by Gasteiger charge is 2.32. The molecule has 0 atom stereocenters. The summed E-state index contributed by atoms with van der Waals surface area (Å²) in [5.74, 6) is 2.16. The van der Waals surface area contributed by atoms with Crippen molar-refractivity contribution in [3.63, 3.8) is 0 Å². The van der Waals surface area contributed by atoms with Gasteiger partial charge in [0.05, 0.1) is 22.3 Å². The predicted molar refractivity (Wildman–Crippen MR) is 79.3 cm³/mol. The molecular formula is C15H17N5. The number of imidazole rings is 1. The molecule has 0 unspecified atom stereocenters. The van der Waals surface area contributed by atoms with Crippen LogP contribution in [-0.2, 0) is 14.1 Å². The molecule has 102 valence electrons. The predicted octanol–water partition coefficient (Wildman–Crippen LogP) is 2.43. The molecule has 0 radical (unpaired) electrons. The standard InChI is InChI=1S/C15H17N5/c1-19-11-6-4-3-5-10(11)17-15(19)12-13(9-7-8-9)18-20(2)14(12)16/h3-6,9H,7-8,16H2,1-2H3. The number of nitrogen functional groups attached to an aromatic ring is 1. The Bertz CT molecular complexity index is 807. The number of aryl methyl sites for hydroxylation is 2. The molecule has 1 fully saturated rings. The lowest BCUT2D eigenvalue weighted by atomic mass is 10.1. The lowest BCUT2D eigenvalue weighted by Gasteiger charge is -2.04. The molecule has 20 heavy (non-hydrogen) atoms. The van der Waals surface area contributed by atoms with E-state index in [2.05, 4.69) is 15.7 Å². The number of fused-ring (bicyclic) bond motifs is 1. The van der Waals surface area contributed by atoms with Gasteiger partial charge in [-0.2, -0.15) is 5.10 Å². The summed E-state index contributed by atoms with van der Waals surface area (Å²) in [6, 6.07) is 8.15. The third-order valence-corrected chi connectivity index (χ3v) is 4.09. The van der Waals surface area contributed by atoms with Gasteiger partial charge in [0.15, 0.2) is 0 Å². The zero-order valence-electron chi connectivity index (χ0n) is 11.7. The van der Waals surface area contributed by atoms with E-state index in [0.29, 0.717) is 11.7 Å². The average Bonchev–Trinajstić information content (AvgIpc) is 3.19. The van der Waals surface area contributed by atoms with E-state index < -0.39 is 0 Å². The Morgan fingerprint density at radius 2 is 1.95 bits per heavy atom. The Balaban J connectivity index is 2.01. The summed E-state index contributed by atoms with van der Waals surface area (Å²) in [6.07, 6.45) is 2.40. The van der Waals surface area contributed by atoms with Gasteiger partial charge in [-0.25, -0.2) is 4.98 Å². The summed E-state index contributed by atoms with van der Waals surface area (Å²) in [7, 11) is 3.93. The molecule has 0 spiro atoms. The molecule has 5 nitrogen and oxygen atoms in total. The molecule has 2 N–H and O–H groups in total. The second-order valence-electron chi connectivity index (χ2n) is 5.53. The molecule has 1 saturated carbocycles. The summed E-state index contributed by atoms with van der Waals surface area (Å²) < 4.78 is 3.87. The molecule has 5 heteroatoms. The number of nitrogens with zero attached hydrogens (tertiary/aromatic N) is 4. The highest BCUT2D eigenvalue weighted by Crippen LogP contribution is 2.45. The minimum absolute atomic E-state index is 0.549. The van der Waals surface area contributed by atoms with Crippen molar-refractivity contribution >= 4 is 16.9 Å². The van der Waals surface area contributed by atoms with Crippen LogP contribution in [0, 0.1) is 0 Å². The van der Waals surface area contributed by atoms with Crippen LogP contribution in [0.5, 0.6) is 0 Å². The zero-order chi connectivity index (χ0) is 13.9. The van der Waals surface area contributed by atoms with E-state index in [4.69, 9.17) is 10.7 Å². The molecule has 1 aliphatic carbocycles. The van der Waals surface area contributed by atoms with Gasteiger partial charge in [-0.05, 0) is 25.0 Å². The van der Waals surface area contributed by atoms with Gasteiger partial charge in [-0.1, -0.05) is 12.1 Å². The van der Waals surface area contributed by atoms with Crippen molar-refractivity contribution in [2.45, 2.75) is 18.8 Å². The van der Waals surface area contributed by atoms with Gasteiger partial charge in [0.2, 0.25) is 0 Å². The van der Waals surface area contributed by atoms with Crippen LogP contribution in [0.2, 0.25) is 0 Å². The monoisotopic (exact) mass is 267 g/mol. The Morgan fingerprint density at radius 1 is 1.20 bits per heavy atom. The fourth-order valence-corrected chi connectivity index (χ4v) is 2.80. The van der Waals surface area contributed by atoms with Crippen molar-refractivity contribution in [2.75, 3.05) is 5.73 Å². The van der Waals surface area contributed by atoms with E-state index in [1.807, 2.05) is 32.3 Å². The highest BCUT2D eigenvalue weighted by molar-refractivity contribution is 5.84. The van der Waals surface area contributed by atoms with Crippen LogP contribution in [0.3, 0.4) is 0 Å². The number of hydrogen-bond donors (Lipinski definition) is 1. The first-order chi connectivity index (χ1) is 9.66. The maximum atomic E-state index is 6.24. The number of rotatable bonds is 2. The molecule has 4 rings (SSSR count). The van der Waals surface area contributed by atoms with Gasteiger partial charge in [0.25, 0.3) is 0 Å². The lowest BCUT2D eigenvalue weighted by Crippen LogP contribution is -2.00. The summed E-state index contributed by atoms with van der Waals surface area (Å²) in [5.41, 5.74) is 10.5. The number of nitrogens with two attached hydrogens (primary N) is 1. The van der Waals surface area contributed by atoms with Crippen LogP contribution in [0.15, 0.2) is 24.3 Å². The molecule has 0 amide bonds. The fraction of sp³-hybridized carbons (Fsp3) is 0.333. The number of anilines is 1. The van der Waals surface area contributed by atoms with Crippen molar-refractivity contribution in [2.24, 2.45) is 14.1 Å². The topological polar surface area (TPSA) is 61.7 Å². The summed E-state index contributed by atoms with van der Waals surface area (Å²) in [4.78, 5) is 4.76. The van der Waals surface area contributed by atoms with Gasteiger partial charge in [-0.3, -0.25) is 4.68 Å². The molecule has 0 aliphatic heterocycles. The summed E-state index contributed by atoms with van der Waals surface area (Å²) >= 11 is 0. The van der Waals surface area contributed by atoms with Crippen molar-refractivity contribution in [1.82, 2.24) is 19.3 Å². The van der Waals surface area contributed by atoms with E-state index in [-0.39, 0.29) is 0 Å². The Kier molecular flexibility index (Phi) is 2.22. The van der Waals surface area contributed by atoms with Crippen LogP contribution >= 0.6 is 0 Å². The Hall–Kier alpha value is -2.30. The maximum absolute atomic E-state index is 6.24. The maximum Gasteiger partial charge on any atom is 0.146 e. The Labute approximate surface area is 117 Å². The molecule has 1 aliphatic rings. The minimum Gasteiger partial charge on any atom is -0.383 e. The lowest BCUT2D eigenvalue weighted by molar-refractivity contribution is 0.753. The highest BCUT2D eigenvalue weighted by atomic mass is 15.3. The van der Waals surface area contributed by atoms with Gasteiger partial charge >= 0.3 is 0 Å². The molecule has 0 bridgehead atoms. The van der Waals surface area contributed by atoms with Gasteiger partial charge in [0.1, 0.15) is 11.6 Å². The van der Waals surface area contributed by atoms with Crippen LogP contribution in [0.1, 0.15) is 24.5 Å². The molecule has 1 aromatic carbocycles. The van der Waals surface area contributed by atoms with Crippen molar-refractivity contribution < 1.29 is 0 Å². The third kappa shape index (κ3) is 1.49. The van der Waals surface area contributed by atoms with Crippen LogP contribution in [0.4, 0.5) is 5.82 Å². The van der Waals surface area contributed by atoms with Crippen molar-refractivity contribution in [1.29, 1.82) is 0 Å². The zero-order valence-corrected chi connectivity index (χ0v) is 11.7. The first-order valence-corrected chi connectivity index (χ1v) is 6.91. The molecule has 2 aromatic heterocycles. The van der Waals surface area contributed by atoms with E-state index >= 15 is 0 Å². The van der Waals surface area contributed by atoms with E-state index in [0.717, 1.165) is 28.1 Å². The van der Waals surface area contributed by atoms with Gasteiger partial charge in [-0.15, -0.1) is 0 Å². The van der Waals surface area contributed by atoms with E-state index in [1.165, 1.54) is 12.8 Å². The number of benzene rings is 1. The first kappa shape index (κ1) is 11.5. The average molecular weight is 267 g/mol. The fourth-order valence-electron chi connectivity index (χ4n) is 2.80. The second-order valence-corrected chi connectivity index (χ2v) is 5.53. The molecule has 0 saturated heterocycles. The quantitative estimate of drug-likeness (QED) is 0.775. The number of para-hydroxylation sites is 2. The van der Waals surface area contributed by atoms with Crippen LogP contribution in [-0.4, -0.2) is 19.3 Å².